The Bertz CT molecular complexity index is 1090. The number of carbonyl (C=O) groups excluding carboxylic acids is 2. The van der Waals surface area contributed by atoms with E-state index in [2.05, 4.69) is 14.7 Å². The summed E-state index contributed by atoms with van der Waals surface area (Å²) in [6.07, 6.45) is 0.0542. The molecule has 1 aromatic heterocycles. The van der Waals surface area contributed by atoms with Crippen molar-refractivity contribution in [3.05, 3.63) is 46.9 Å². The van der Waals surface area contributed by atoms with Gasteiger partial charge in [0.15, 0.2) is 4.34 Å². The molecule has 2 atom stereocenters. The Morgan fingerprint density at radius 1 is 1.39 bits per heavy atom. The van der Waals surface area contributed by atoms with Crippen LogP contribution in [0.1, 0.15) is 11.4 Å². The first kappa shape index (κ1) is 21.7. The summed E-state index contributed by atoms with van der Waals surface area (Å²) in [6, 6.07) is 6.29. The smallest absolute Gasteiger partial charge is 0.352 e. The monoisotopic (exact) mass is 477 g/mol. The Labute approximate surface area is 190 Å². The Kier molecular flexibility index (Phi) is 6.21. The number of nitrogens with one attached hydrogen (secondary N) is 1. The van der Waals surface area contributed by atoms with Gasteiger partial charge in [-0.15, -0.1) is 11.8 Å². The summed E-state index contributed by atoms with van der Waals surface area (Å²) in [5.41, 5.74) is 7.72. The van der Waals surface area contributed by atoms with Gasteiger partial charge in [-0.25, -0.2) is 9.78 Å². The topological polar surface area (TPSA) is 139 Å². The average molecular weight is 478 g/mol. The number of fused-ring (bicyclic) bond motifs is 1. The number of carbonyl (C=O) groups is 3. The van der Waals surface area contributed by atoms with Crippen LogP contribution in [0.25, 0.3) is 0 Å². The average Bonchev–Trinajstić information content (AvgIpc) is 3.16. The van der Waals surface area contributed by atoms with Crippen LogP contribution >= 0.6 is 35.1 Å². The molecule has 0 saturated carbocycles. The Balaban J connectivity index is 1.43. The van der Waals surface area contributed by atoms with Crippen LogP contribution in [0.2, 0.25) is 0 Å². The van der Waals surface area contributed by atoms with Crippen molar-refractivity contribution in [3.8, 4) is 0 Å². The van der Waals surface area contributed by atoms with Gasteiger partial charge in [0, 0.05) is 17.2 Å². The second kappa shape index (κ2) is 8.89. The van der Waals surface area contributed by atoms with E-state index in [4.69, 9.17) is 5.73 Å². The SMILES string of the molecule is Cc1nsc(SCC2=C(C(=O)O)N3C(=O)C(NC(=O)Cc4ccccc4N)[C@@H]3SC2)n1. The first-order valence-corrected chi connectivity index (χ1v) is 12.1. The van der Waals surface area contributed by atoms with Crippen molar-refractivity contribution in [2.45, 2.75) is 29.1 Å². The minimum Gasteiger partial charge on any atom is -0.477 e. The van der Waals surface area contributed by atoms with Crippen LogP contribution in [0.5, 0.6) is 0 Å². The molecule has 1 saturated heterocycles. The number of carboxylic acid groups (broad SMARTS) is 1. The second-order valence-electron chi connectivity index (χ2n) is 6.98. The summed E-state index contributed by atoms with van der Waals surface area (Å²) >= 11 is 4.11. The van der Waals surface area contributed by atoms with E-state index in [-0.39, 0.29) is 18.0 Å². The third-order valence-electron chi connectivity index (χ3n) is 4.85. The molecule has 2 aliphatic rings. The predicted molar refractivity (Wildman–Crippen MR) is 120 cm³/mol. The van der Waals surface area contributed by atoms with Crippen LogP contribution in [0.4, 0.5) is 5.69 Å². The van der Waals surface area contributed by atoms with Crippen LogP contribution < -0.4 is 11.1 Å². The molecule has 1 unspecified atom stereocenters. The van der Waals surface area contributed by atoms with Crippen LogP contribution in [0.3, 0.4) is 0 Å². The fraction of sp³-hybridized carbons (Fsp3) is 0.316. The summed E-state index contributed by atoms with van der Waals surface area (Å²) in [4.78, 5) is 42.6. The second-order valence-corrected chi connectivity index (χ2v) is 10.1. The van der Waals surface area contributed by atoms with Crippen molar-refractivity contribution in [1.82, 2.24) is 19.6 Å². The van der Waals surface area contributed by atoms with Crippen molar-refractivity contribution < 1.29 is 19.5 Å². The lowest BCUT2D eigenvalue weighted by atomic mass is 10.0. The van der Waals surface area contributed by atoms with E-state index in [1.54, 1.807) is 31.2 Å². The number of hydrogen-bond donors (Lipinski definition) is 3. The van der Waals surface area contributed by atoms with Gasteiger partial charge in [0.1, 0.15) is 22.9 Å². The van der Waals surface area contributed by atoms with Gasteiger partial charge in [-0.1, -0.05) is 30.0 Å². The molecule has 4 rings (SSSR count). The third-order valence-corrected chi connectivity index (χ3v) is 8.20. The number of aliphatic carboxylic acids is 1. The van der Waals surface area contributed by atoms with Crippen molar-refractivity contribution in [1.29, 1.82) is 0 Å². The maximum Gasteiger partial charge on any atom is 0.352 e. The number of nitrogen functional groups attached to an aromatic ring is 1. The third kappa shape index (κ3) is 4.41. The van der Waals surface area contributed by atoms with E-state index < -0.39 is 23.3 Å². The van der Waals surface area contributed by atoms with Gasteiger partial charge >= 0.3 is 5.97 Å². The molecule has 0 spiro atoms. The number of carboxylic acids is 1. The van der Waals surface area contributed by atoms with E-state index in [0.717, 1.165) is 4.34 Å². The number of para-hydroxylation sites is 1. The molecule has 2 aromatic rings. The number of nitrogens with two attached hydrogens (primary N) is 1. The molecular formula is C19H19N5O4S3. The van der Waals surface area contributed by atoms with Crippen LogP contribution in [0.15, 0.2) is 39.9 Å². The molecule has 0 aliphatic carbocycles. The molecule has 4 N–H and O–H groups in total. The van der Waals surface area contributed by atoms with E-state index >= 15 is 0 Å². The summed E-state index contributed by atoms with van der Waals surface area (Å²) in [5.74, 6) is -0.358. The maximum atomic E-state index is 12.7. The number of thioether (sulfide) groups is 2. The zero-order valence-corrected chi connectivity index (χ0v) is 18.9. The normalized spacial score (nSPS) is 20.3. The molecule has 162 valence electrons. The van der Waals surface area contributed by atoms with E-state index in [9.17, 15) is 19.5 Å². The fourth-order valence-electron chi connectivity index (χ4n) is 3.37. The van der Waals surface area contributed by atoms with Crippen LogP contribution in [-0.4, -0.2) is 60.1 Å². The van der Waals surface area contributed by atoms with Gasteiger partial charge in [-0.2, -0.15) is 4.37 Å². The molecule has 1 aromatic carbocycles. The van der Waals surface area contributed by atoms with Gasteiger partial charge in [0.05, 0.1) is 6.42 Å². The highest BCUT2D eigenvalue weighted by molar-refractivity contribution is 8.01. The van der Waals surface area contributed by atoms with E-state index in [0.29, 0.717) is 34.2 Å². The van der Waals surface area contributed by atoms with Crippen LogP contribution in [0, 0.1) is 6.92 Å². The van der Waals surface area contributed by atoms with Gasteiger partial charge in [0.2, 0.25) is 5.91 Å². The molecule has 0 bridgehead atoms. The lowest BCUT2D eigenvalue weighted by Gasteiger charge is -2.49. The highest BCUT2D eigenvalue weighted by Crippen LogP contribution is 2.41. The Morgan fingerprint density at radius 3 is 2.84 bits per heavy atom. The Hall–Kier alpha value is -2.57. The number of hydrogen-bond acceptors (Lipinski definition) is 9. The fourth-order valence-corrected chi connectivity index (χ4v) is 6.50. The zero-order chi connectivity index (χ0) is 22.1. The van der Waals surface area contributed by atoms with E-state index in [1.807, 2.05) is 0 Å². The molecule has 2 amide bonds. The van der Waals surface area contributed by atoms with Gasteiger partial charge in [-0.3, -0.25) is 14.5 Å². The minimum absolute atomic E-state index is 0.000269. The highest BCUT2D eigenvalue weighted by atomic mass is 32.2. The molecule has 1 fully saturated rings. The maximum absolute atomic E-state index is 12.7. The number of aromatic nitrogens is 2. The van der Waals surface area contributed by atoms with Gasteiger partial charge in [-0.05, 0) is 35.7 Å². The number of nitrogens with zero attached hydrogens (tertiary/aromatic N) is 3. The lowest BCUT2D eigenvalue weighted by molar-refractivity contribution is -0.150. The molecule has 31 heavy (non-hydrogen) atoms. The number of benzene rings is 1. The predicted octanol–water partition coefficient (Wildman–Crippen LogP) is 1.50. The molecular weight excluding hydrogens is 458 g/mol. The molecule has 9 nitrogen and oxygen atoms in total. The van der Waals surface area contributed by atoms with Gasteiger partial charge < -0.3 is 16.2 Å². The lowest BCUT2D eigenvalue weighted by Crippen LogP contribution is -2.70. The largest absolute Gasteiger partial charge is 0.477 e. The number of amides is 2. The number of anilines is 1. The van der Waals surface area contributed by atoms with Crippen molar-refractivity contribution in [3.63, 3.8) is 0 Å². The molecule has 12 heteroatoms. The summed E-state index contributed by atoms with van der Waals surface area (Å²) < 4.78 is 4.87. The van der Waals surface area contributed by atoms with E-state index in [1.165, 1.54) is 40.0 Å². The summed E-state index contributed by atoms with van der Waals surface area (Å²) in [7, 11) is 0. The van der Waals surface area contributed by atoms with Crippen molar-refractivity contribution in [2.24, 2.45) is 0 Å². The number of β-lactam (4-membered cyclic amide) rings is 1. The number of rotatable bonds is 7. The van der Waals surface area contributed by atoms with Crippen molar-refractivity contribution in [2.75, 3.05) is 17.2 Å². The van der Waals surface area contributed by atoms with Crippen molar-refractivity contribution >= 4 is 58.5 Å². The minimum atomic E-state index is -1.15. The first-order chi connectivity index (χ1) is 14.8. The van der Waals surface area contributed by atoms with Crippen LogP contribution in [-0.2, 0) is 20.8 Å². The number of aryl methyl sites for hydroxylation is 1. The molecule has 0 radical (unpaired) electrons. The first-order valence-electron chi connectivity index (χ1n) is 9.31. The Morgan fingerprint density at radius 2 is 2.16 bits per heavy atom. The summed E-state index contributed by atoms with van der Waals surface area (Å²) in [5, 5.41) is 12.0. The van der Waals surface area contributed by atoms with Gasteiger partial charge in [0.25, 0.3) is 5.91 Å². The standard InChI is InChI=1S/C19H19N5O4S3/c1-9-21-19(31-23-9)30-8-11-7-29-17-14(16(26)24(17)15(11)18(27)28)22-13(25)6-10-4-2-3-5-12(10)20/h2-5,14,17H,6-8,20H2,1H3,(H,22,25)(H,27,28)/t14?,17-/m0/s1. The molecule has 3 heterocycles. The highest BCUT2D eigenvalue weighted by Gasteiger charge is 2.54. The zero-order valence-electron chi connectivity index (χ0n) is 16.4. The summed E-state index contributed by atoms with van der Waals surface area (Å²) in [6.45, 7) is 1.79. The quantitative estimate of drug-likeness (QED) is 0.308. The molecule has 2 aliphatic heterocycles.